The molecule has 0 spiro atoms. The molecule has 1 fully saturated rings. The van der Waals surface area contributed by atoms with Crippen molar-refractivity contribution in [2.75, 3.05) is 19.6 Å². The minimum Gasteiger partial charge on any atom is -0.444 e. The SMILES string of the molecule is CC(=O)NC[C@@H]1CCN(C(=O)OC(C)(C)C)C1. The Hall–Kier alpha value is -1.26. The van der Waals surface area contributed by atoms with Crippen LogP contribution in [0.25, 0.3) is 0 Å². The molecule has 0 unspecified atom stereocenters. The molecule has 0 aromatic rings. The molecular weight excluding hydrogens is 220 g/mol. The summed E-state index contributed by atoms with van der Waals surface area (Å²) in [5, 5.41) is 2.78. The number of ether oxygens (including phenoxy) is 1. The maximum atomic E-state index is 11.8. The summed E-state index contributed by atoms with van der Waals surface area (Å²) in [6.45, 7) is 9.07. The fraction of sp³-hybridized carbons (Fsp3) is 0.833. The third kappa shape index (κ3) is 5.06. The summed E-state index contributed by atoms with van der Waals surface area (Å²) >= 11 is 0. The molecule has 5 nitrogen and oxygen atoms in total. The van der Waals surface area contributed by atoms with Crippen LogP contribution in [0, 0.1) is 5.92 Å². The first-order valence-corrected chi connectivity index (χ1v) is 6.00. The van der Waals surface area contributed by atoms with E-state index in [1.807, 2.05) is 20.8 Å². The summed E-state index contributed by atoms with van der Waals surface area (Å²) < 4.78 is 5.30. The van der Waals surface area contributed by atoms with Crippen molar-refractivity contribution < 1.29 is 14.3 Å². The van der Waals surface area contributed by atoms with Crippen LogP contribution < -0.4 is 5.32 Å². The van der Waals surface area contributed by atoms with Gasteiger partial charge in [0.15, 0.2) is 0 Å². The van der Waals surface area contributed by atoms with Crippen LogP contribution in [0.4, 0.5) is 4.79 Å². The van der Waals surface area contributed by atoms with Crippen molar-refractivity contribution in [1.82, 2.24) is 10.2 Å². The van der Waals surface area contributed by atoms with Crippen LogP contribution in [0.5, 0.6) is 0 Å². The van der Waals surface area contributed by atoms with E-state index in [0.717, 1.165) is 6.42 Å². The lowest BCUT2D eigenvalue weighted by atomic mass is 10.1. The Labute approximate surface area is 102 Å². The van der Waals surface area contributed by atoms with Gasteiger partial charge < -0.3 is 15.0 Å². The Morgan fingerprint density at radius 2 is 2.06 bits per heavy atom. The Balaban J connectivity index is 2.34. The van der Waals surface area contributed by atoms with Crippen LogP contribution in [0.15, 0.2) is 0 Å². The van der Waals surface area contributed by atoms with Gasteiger partial charge in [0.1, 0.15) is 5.60 Å². The van der Waals surface area contributed by atoms with E-state index < -0.39 is 5.60 Å². The summed E-state index contributed by atoms with van der Waals surface area (Å²) in [7, 11) is 0. The Bertz CT molecular complexity index is 297. The molecule has 1 saturated heterocycles. The lowest BCUT2D eigenvalue weighted by molar-refractivity contribution is -0.119. The zero-order valence-electron chi connectivity index (χ0n) is 11.1. The number of nitrogens with one attached hydrogen (secondary N) is 1. The molecule has 1 atom stereocenters. The van der Waals surface area contributed by atoms with Crippen molar-refractivity contribution in [2.45, 2.75) is 39.7 Å². The lowest BCUT2D eigenvalue weighted by Crippen LogP contribution is -2.36. The van der Waals surface area contributed by atoms with Gasteiger partial charge >= 0.3 is 6.09 Å². The van der Waals surface area contributed by atoms with Gasteiger partial charge in [-0.05, 0) is 33.1 Å². The second-order valence-corrected chi connectivity index (χ2v) is 5.52. The van der Waals surface area contributed by atoms with E-state index in [-0.39, 0.29) is 12.0 Å². The molecule has 0 saturated carbocycles. The first-order chi connectivity index (χ1) is 7.78. The third-order valence-corrected chi connectivity index (χ3v) is 2.58. The summed E-state index contributed by atoms with van der Waals surface area (Å²) in [5.74, 6) is 0.312. The average molecular weight is 242 g/mol. The molecule has 0 aromatic carbocycles. The van der Waals surface area contributed by atoms with Crippen LogP contribution in [0.2, 0.25) is 0 Å². The number of hydrogen-bond donors (Lipinski definition) is 1. The predicted molar refractivity (Wildman–Crippen MR) is 64.6 cm³/mol. The molecule has 1 N–H and O–H groups in total. The van der Waals surface area contributed by atoms with Crippen molar-refractivity contribution in [2.24, 2.45) is 5.92 Å². The second-order valence-electron chi connectivity index (χ2n) is 5.52. The number of amides is 2. The zero-order chi connectivity index (χ0) is 13.1. The molecule has 1 rings (SSSR count). The number of carbonyl (C=O) groups excluding carboxylic acids is 2. The number of hydrogen-bond acceptors (Lipinski definition) is 3. The Morgan fingerprint density at radius 3 is 2.59 bits per heavy atom. The predicted octanol–water partition coefficient (Wildman–Crippen LogP) is 1.38. The molecule has 1 heterocycles. The highest BCUT2D eigenvalue weighted by molar-refractivity contribution is 5.72. The maximum Gasteiger partial charge on any atom is 0.410 e. The fourth-order valence-corrected chi connectivity index (χ4v) is 1.78. The normalized spacial score (nSPS) is 20.2. The summed E-state index contributed by atoms with van der Waals surface area (Å²) in [5.41, 5.74) is -0.452. The van der Waals surface area contributed by atoms with Crippen LogP contribution in [0.1, 0.15) is 34.1 Å². The number of carbonyl (C=O) groups is 2. The molecule has 0 aromatic heterocycles. The average Bonchev–Trinajstić information content (AvgIpc) is 2.60. The quantitative estimate of drug-likeness (QED) is 0.796. The van der Waals surface area contributed by atoms with Crippen molar-refractivity contribution >= 4 is 12.0 Å². The molecule has 17 heavy (non-hydrogen) atoms. The topological polar surface area (TPSA) is 58.6 Å². The molecule has 0 radical (unpaired) electrons. The van der Waals surface area contributed by atoms with Gasteiger partial charge in [0, 0.05) is 26.6 Å². The van der Waals surface area contributed by atoms with E-state index in [2.05, 4.69) is 5.32 Å². The fourth-order valence-electron chi connectivity index (χ4n) is 1.78. The van der Waals surface area contributed by atoms with Gasteiger partial charge in [-0.2, -0.15) is 0 Å². The highest BCUT2D eigenvalue weighted by Crippen LogP contribution is 2.18. The third-order valence-electron chi connectivity index (χ3n) is 2.58. The van der Waals surface area contributed by atoms with Crippen LogP contribution in [-0.2, 0) is 9.53 Å². The maximum absolute atomic E-state index is 11.8. The first-order valence-electron chi connectivity index (χ1n) is 6.00. The lowest BCUT2D eigenvalue weighted by Gasteiger charge is -2.24. The van der Waals surface area contributed by atoms with Gasteiger partial charge in [-0.15, -0.1) is 0 Å². The van der Waals surface area contributed by atoms with Gasteiger partial charge in [0.25, 0.3) is 0 Å². The van der Waals surface area contributed by atoms with Crippen molar-refractivity contribution in [1.29, 1.82) is 0 Å². The van der Waals surface area contributed by atoms with Crippen molar-refractivity contribution in [3.63, 3.8) is 0 Å². The molecule has 1 aliphatic heterocycles. The molecule has 0 bridgehead atoms. The molecule has 98 valence electrons. The number of nitrogens with zero attached hydrogens (tertiary/aromatic N) is 1. The van der Waals surface area contributed by atoms with E-state index in [9.17, 15) is 9.59 Å². The summed E-state index contributed by atoms with van der Waals surface area (Å²) in [6, 6.07) is 0. The van der Waals surface area contributed by atoms with Gasteiger partial charge in [0.05, 0.1) is 0 Å². The highest BCUT2D eigenvalue weighted by Gasteiger charge is 2.29. The molecule has 1 aliphatic rings. The standard InChI is InChI=1S/C12H22N2O3/c1-9(15)13-7-10-5-6-14(8-10)11(16)17-12(2,3)4/h10H,5-8H2,1-4H3,(H,13,15)/t10-/m0/s1. The van der Waals surface area contributed by atoms with Gasteiger partial charge in [0.2, 0.25) is 5.91 Å². The molecule has 0 aliphatic carbocycles. The van der Waals surface area contributed by atoms with E-state index in [1.54, 1.807) is 4.90 Å². The monoisotopic (exact) mass is 242 g/mol. The van der Waals surface area contributed by atoms with E-state index in [0.29, 0.717) is 25.6 Å². The Morgan fingerprint density at radius 1 is 1.41 bits per heavy atom. The number of rotatable bonds is 2. The van der Waals surface area contributed by atoms with E-state index >= 15 is 0 Å². The molecule has 5 heteroatoms. The van der Waals surface area contributed by atoms with Crippen LogP contribution in [-0.4, -0.2) is 42.1 Å². The largest absolute Gasteiger partial charge is 0.444 e. The van der Waals surface area contributed by atoms with Gasteiger partial charge in [-0.25, -0.2) is 4.79 Å². The minimum atomic E-state index is -0.452. The van der Waals surface area contributed by atoms with E-state index in [1.165, 1.54) is 6.92 Å². The molecule has 2 amide bonds. The van der Waals surface area contributed by atoms with Gasteiger partial charge in [-0.1, -0.05) is 0 Å². The smallest absolute Gasteiger partial charge is 0.410 e. The van der Waals surface area contributed by atoms with E-state index in [4.69, 9.17) is 4.74 Å². The van der Waals surface area contributed by atoms with Crippen LogP contribution in [0.3, 0.4) is 0 Å². The highest BCUT2D eigenvalue weighted by atomic mass is 16.6. The number of likely N-dealkylation sites (tertiary alicyclic amines) is 1. The van der Waals surface area contributed by atoms with Gasteiger partial charge in [-0.3, -0.25) is 4.79 Å². The van der Waals surface area contributed by atoms with Crippen molar-refractivity contribution in [3.05, 3.63) is 0 Å². The van der Waals surface area contributed by atoms with Crippen LogP contribution >= 0.6 is 0 Å². The second kappa shape index (κ2) is 5.38. The zero-order valence-corrected chi connectivity index (χ0v) is 11.1. The first kappa shape index (κ1) is 13.8. The van der Waals surface area contributed by atoms with Crippen molar-refractivity contribution in [3.8, 4) is 0 Å². The summed E-state index contributed by atoms with van der Waals surface area (Å²) in [6.07, 6.45) is 0.655. The molecular formula is C12H22N2O3. The Kier molecular flexibility index (Phi) is 4.37. The minimum absolute atomic E-state index is 0.0271. The summed E-state index contributed by atoms with van der Waals surface area (Å²) in [4.78, 5) is 24.3.